The van der Waals surface area contributed by atoms with Crippen LogP contribution in [-0.4, -0.2) is 42.7 Å². The van der Waals surface area contributed by atoms with Crippen molar-refractivity contribution in [2.45, 2.75) is 6.42 Å². The Kier molecular flexibility index (Phi) is 6.16. The maximum absolute atomic E-state index is 11.3. The Morgan fingerprint density at radius 3 is 3.06 bits per heavy atom. The smallest absolute Gasteiger partial charge is 0.271 e. The number of carbonyl (C=O) groups is 1. The molecule has 0 saturated carbocycles. The van der Waals surface area contributed by atoms with E-state index in [1.807, 2.05) is 0 Å². The minimum absolute atomic E-state index is 0.0164. The highest BCUT2D eigenvalue weighted by atomic mass is 35.5. The van der Waals surface area contributed by atoms with Crippen LogP contribution in [0.5, 0.6) is 0 Å². The molecule has 0 radical (unpaired) electrons. The summed E-state index contributed by atoms with van der Waals surface area (Å²) in [5, 5.41) is 5.47. The second kappa shape index (κ2) is 7.67. The van der Waals surface area contributed by atoms with Gasteiger partial charge in [-0.15, -0.1) is 0 Å². The number of halogens is 1. The zero-order valence-electron chi connectivity index (χ0n) is 9.96. The number of hydrogen-bond acceptors (Lipinski definition) is 5. The Morgan fingerprint density at radius 2 is 2.33 bits per heavy atom. The molecule has 0 saturated heterocycles. The minimum atomic E-state index is -0.418. The molecule has 0 fully saturated rings. The van der Waals surface area contributed by atoms with Crippen molar-refractivity contribution in [2.24, 2.45) is 0 Å². The first-order chi connectivity index (χ1) is 8.65. The number of amides is 1. The summed E-state index contributed by atoms with van der Waals surface area (Å²) in [5.74, 6) is 0.158. The van der Waals surface area contributed by atoms with Gasteiger partial charge in [-0.1, -0.05) is 11.6 Å². The van der Waals surface area contributed by atoms with Crippen LogP contribution in [0.2, 0.25) is 5.02 Å². The van der Waals surface area contributed by atoms with Crippen LogP contribution >= 0.6 is 11.6 Å². The highest BCUT2D eigenvalue weighted by Gasteiger charge is 2.06. The highest BCUT2D eigenvalue weighted by Crippen LogP contribution is 2.11. The number of aromatic nitrogens is 2. The van der Waals surface area contributed by atoms with E-state index in [9.17, 15) is 9.59 Å². The molecule has 0 aliphatic heterocycles. The van der Waals surface area contributed by atoms with Crippen molar-refractivity contribution in [1.82, 2.24) is 15.3 Å². The summed E-state index contributed by atoms with van der Waals surface area (Å²) in [7, 11) is 1.56. The number of nitrogens with one attached hydrogen (secondary N) is 3. The van der Waals surface area contributed by atoms with Crippen LogP contribution in [0.3, 0.4) is 0 Å². The number of aromatic amines is 1. The van der Waals surface area contributed by atoms with Gasteiger partial charge in [-0.3, -0.25) is 9.59 Å². The number of anilines is 1. The van der Waals surface area contributed by atoms with Gasteiger partial charge in [0.15, 0.2) is 5.82 Å². The molecule has 0 aromatic carbocycles. The van der Waals surface area contributed by atoms with E-state index in [0.717, 1.165) is 0 Å². The van der Waals surface area contributed by atoms with Crippen molar-refractivity contribution in [3.63, 3.8) is 0 Å². The number of H-pyrrole nitrogens is 1. The summed E-state index contributed by atoms with van der Waals surface area (Å²) in [6, 6.07) is 0. The molecule has 1 rings (SSSR count). The fourth-order valence-corrected chi connectivity index (χ4v) is 1.35. The van der Waals surface area contributed by atoms with Crippen molar-refractivity contribution in [1.29, 1.82) is 0 Å². The van der Waals surface area contributed by atoms with E-state index in [1.54, 1.807) is 7.11 Å². The Morgan fingerprint density at radius 1 is 1.56 bits per heavy atom. The molecule has 0 aliphatic rings. The van der Waals surface area contributed by atoms with E-state index in [2.05, 4.69) is 20.6 Å². The van der Waals surface area contributed by atoms with E-state index in [1.165, 1.54) is 6.33 Å². The summed E-state index contributed by atoms with van der Waals surface area (Å²) in [5.41, 5.74) is -0.418. The molecule has 7 nitrogen and oxygen atoms in total. The van der Waals surface area contributed by atoms with Crippen LogP contribution in [-0.2, 0) is 9.53 Å². The summed E-state index contributed by atoms with van der Waals surface area (Å²) in [6.45, 7) is 1.29. The lowest BCUT2D eigenvalue weighted by atomic mass is 10.4. The second-order valence-electron chi connectivity index (χ2n) is 3.41. The van der Waals surface area contributed by atoms with Crippen molar-refractivity contribution < 1.29 is 9.53 Å². The van der Waals surface area contributed by atoms with Gasteiger partial charge in [-0.25, -0.2) is 4.98 Å². The fourth-order valence-electron chi connectivity index (χ4n) is 1.18. The van der Waals surface area contributed by atoms with E-state index in [0.29, 0.717) is 19.7 Å². The zero-order chi connectivity index (χ0) is 13.4. The van der Waals surface area contributed by atoms with Crippen molar-refractivity contribution in [3.8, 4) is 0 Å². The van der Waals surface area contributed by atoms with E-state index in [-0.39, 0.29) is 23.2 Å². The van der Waals surface area contributed by atoms with Crippen molar-refractivity contribution in [2.75, 3.05) is 32.1 Å². The topological polar surface area (TPSA) is 96.1 Å². The summed E-state index contributed by atoms with van der Waals surface area (Å²) in [6.07, 6.45) is 1.50. The standard InChI is InChI=1S/C10H15ClN4O3/c1-18-5-4-12-7(16)2-3-13-9-8(11)10(17)15-6-14-9/h6H,2-5H2,1H3,(H,12,16)(H2,13,14,15,17). The number of carbonyl (C=O) groups excluding carboxylic acids is 1. The molecule has 18 heavy (non-hydrogen) atoms. The lowest BCUT2D eigenvalue weighted by molar-refractivity contribution is -0.121. The first-order valence-electron chi connectivity index (χ1n) is 5.38. The third kappa shape index (κ3) is 4.72. The first-order valence-corrected chi connectivity index (χ1v) is 5.75. The van der Waals surface area contributed by atoms with Crippen LogP contribution in [0.25, 0.3) is 0 Å². The summed E-state index contributed by atoms with van der Waals surface area (Å²) < 4.78 is 4.80. The van der Waals surface area contributed by atoms with Crippen LogP contribution in [0.4, 0.5) is 5.82 Å². The predicted molar refractivity (Wildman–Crippen MR) is 67.9 cm³/mol. The highest BCUT2D eigenvalue weighted by molar-refractivity contribution is 6.32. The van der Waals surface area contributed by atoms with Gasteiger partial charge in [0.1, 0.15) is 5.02 Å². The van der Waals surface area contributed by atoms with Crippen LogP contribution in [0.1, 0.15) is 6.42 Å². The van der Waals surface area contributed by atoms with Crippen LogP contribution in [0.15, 0.2) is 11.1 Å². The molecule has 0 atom stereocenters. The maximum atomic E-state index is 11.3. The molecule has 1 amide bonds. The first kappa shape index (κ1) is 14.5. The van der Waals surface area contributed by atoms with Crippen LogP contribution in [0, 0.1) is 0 Å². The molecule has 1 heterocycles. The fraction of sp³-hybridized carbons (Fsp3) is 0.500. The predicted octanol–water partition coefficient (Wildman–Crippen LogP) is -0.0121. The largest absolute Gasteiger partial charge is 0.383 e. The summed E-state index contributed by atoms with van der Waals surface area (Å²) >= 11 is 5.73. The van der Waals surface area contributed by atoms with Gasteiger partial charge >= 0.3 is 0 Å². The third-order valence-electron chi connectivity index (χ3n) is 2.07. The van der Waals surface area contributed by atoms with E-state index >= 15 is 0 Å². The van der Waals surface area contributed by atoms with E-state index in [4.69, 9.17) is 16.3 Å². The molecule has 0 aliphatic carbocycles. The Hall–Kier alpha value is -1.60. The van der Waals surface area contributed by atoms with Crippen LogP contribution < -0.4 is 16.2 Å². The molecular formula is C10H15ClN4O3. The van der Waals surface area contributed by atoms with Gasteiger partial charge in [0.2, 0.25) is 5.91 Å². The average molecular weight is 275 g/mol. The third-order valence-corrected chi connectivity index (χ3v) is 2.42. The Labute approximate surface area is 109 Å². The number of hydrogen-bond donors (Lipinski definition) is 3. The van der Waals surface area contributed by atoms with E-state index < -0.39 is 5.56 Å². The Bertz CT molecular complexity index is 449. The molecule has 1 aromatic rings. The molecule has 1 aromatic heterocycles. The number of nitrogens with zero attached hydrogens (tertiary/aromatic N) is 1. The van der Waals surface area contributed by atoms with Crippen molar-refractivity contribution in [3.05, 3.63) is 21.7 Å². The molecule has 0 bridgehead atoms. The monoisotopic (exact) mass is 274 g/mol. The average Bonchev–Trinajstić information content (AvgIpc) is 2.35. The summed E-state index contributed by atoms with van der Waals surface area (Å²) in [4.78, 5) is 28.7. The van der Waals surface area contributed by atoms with Gasteiger partial charge in [0.25, 0.3) is 5.56 Å². The number of ether oxygens (including phenoxy) is 1. The lowest BCUT2D eigenvalue weighted by Gasteiger charge is -2.07. The number of rotatable bonds is 7. The normalized spacial score (nSPS) is 10.1. The molecule has 0 spiro atoms. The molecular weight excluding hydrogens is 260 g/mol. The second-order valence-corrected chi connectivity index (χ2v) is 3.79. The van der Waals surface area contributed by atoms with Gasteiger partial charge in [-0.2, -0.15) is 0 Å². The Balaban J connectivity index is 2.31. The quantitative estimate of drug-likeness (QED) is 0.608. The lowest BCUT2D eigenvalue weighted by Crippen LogP contribution is -2.28. The molecule has 3 N–H and O–H groups in total. The van der Waals surface area contributed by atoms with Gasteiger partial charge in [0.05, 0.1) is 12.9 Å². The molecule has 100 valence electrons. The maximum Gasteiger partial charge on any atom is 0.271 e. The zero-order valence-corrected chi connectivity index (χ0v) is 10.7. The van der Waals surface area contributed by atoms with Gasteiger partial charge < -0.3 is 20.4 Å². The molecule has 0 unspecified atom stereocenters. The SMILES string of the molecule is COCCNC(=O)CCNc1nc[nH]c(=O)c1Cl. The molecule has 8 heteroatoms. The van der Waals surface area contributed by atoms with Crippen molar-refractivity contribution >= 4 is 23.3 Å². The number of methoxy groups -OCH3 is 1. The minimum Gasteiger partial charge on any atom is -0.383 e. The van der Waals surface area contributed by atoms with Gasteiger partial charge in [0, 0.05) is 26.6 Å². The van der Waals surface area contributed by atoms with Gasteiger partial charge in [-0.05, 0) is 0 Å².